The molecule has 0 atom stereocenters. The molecule has 26 nitrogen and oxygen atoms in total. The molecule has 2 aliphatic rings. The van der Waals surface area contributed by atoms with Crippen molar-refractivity contribution in [3.63, 3.8) is 0 Å². The van der Waals surface area contributed by atoms with E-state index in [9.17, 15) is 43.2 Å². The third kappa shape index (κ3) is 14.3. The van der Waals surface area contributed by atoms with E-state index in [-0.39, 0.29) is 56.0 Å². The van der Waals surface area contributed by atoms with E-state index in [1.165, 1.54) is 17.2 Å². The van der Waals surface area contributed by atoms with Crippen LogP contribution < -0.4 is 26.6 Å². The number of hydroxylamine groups is 4. The Morgan fingerprint density at radius 1 is 0.667 bits per heavy atom. The summed E-state index contributed by atoms with van der Waals surface area (Å²) in [6, 6.07) is 1.63. The van der Waals surface area contributed by atoms with Crippen LogP contribution in [0.3, 0.4) is 0 Å². The van der Waals surface area contributed by atoms with Gasteiger partial charge in [0.15, 0.2) is 28.4 Å². The lowest BCUT2D eigenvalue weighted by Crippen LogP contribution is -2.47. The number of imidazole rings is 2. The Labute approximate surface area is 358 Å². The summed E-state index contributed by atoms with van der Waals surface area (Å²) in [6.07, 6.45) is 9.38. The van der Waals surface area contributed by atoms with Gasteiger partial charge < -0.3 is 29.9 Å². The van der Waals surface area contributed by atoms with Gasteiger partial charge in [-0.3, -0.25) is 34.1 Å². The van der Waals surface area contributed by atoms with Crippen molar-refractivity contribution in [1.82, 2.24) is 54.1 Å². The van der Waals surface area contributed by atoms with E-state index in [1.54, 1.807) is 68.8 Å². The van der Waals surface area contributed by atoms with Gasteiger partial charge in [-0.05, 0) is 0 Å². The average molecular weight is 879 g/mol. The molecule has 6 amide bonds. The highest BCUT2D eigenvalue weighted by Gasteiger charge is 2.33. The monoisotopic (exact) mass is 878 g/mol. The van der Waals surface area contributed by atoms with E-state index in [2.05, 4.69) is 55.2 Å². The predicted octanol–water partition coefficient (Wildman–Crippen LogP) is 0.212. The molecule has 2 saturated heterocycles. The lowest BCUT2D eigenvalue weighted by atomic mass is 10.4. The van der Waals surface area contributed by atoms with Crippen LogP contribution in [0.1, 0.15) is 79.1 Å². The number of nitrogens with one attached hydrogen (secondary N) is 3. The Morgan fingerprint density at radius 3 is 1.56 bits per heavy atom. The molecule has 5 aromatic rings. The third-order valence-electron chi connectivity index (χ3n) is 8.20. The maximum Gasteiger partial charge on any atom is 0.497 e. The summed E-state index contributed by atoms with van der Waals surface area (Å²) in [4.78, 5) is 134. The molecule has 0 aliphatic carbocycles. The van der Waals surface area contributed by atoms with E-state index in [4.69, 9.17) is 5.73 Å². The number of nitrogen functional groups attached to an aromatic ring is 1. The zero-order chi connectivity index (χ0) is 46.8. The van der Waals surface area contributed by atoms with Crippen molar-refractivity contribution in [2.45, 2.75) is 79.1 Å². The highest BCUT2D eigenvalue weighted by atomic mass is 16.7. The van der Waals surface area contributed by atoms with Crippen LogP contribution in [0.4, 0.5) is 17.5 Å². The first-order valence-electron chi connectivity index (χ1n) is 19.3. The SMILES string of the molecule is CCC(=O)Nc1cc[n+](C)c(=O)[nH]1.CCC(=O)Nc1ncnc2c1ncn2C.CCC(=O)ON1C(=O)CCC1=O.CCC(=O)ON1C(=O)CCC1=O.Cn1cnc2c(N)ncnc21. The highest BCUT2D eigenvalue weighted by molar-refractivity contribution is 6.02. The van der Waals surface area contributed by atoms with Crippen molar-refractivity contribution in [1.29, 1.82) is 0 Å². The zero-order valence-corrected chi connectivity index (χ0v) is 35.6. The van der Waals surface area contributed by atoms with Crippen LogP contribution in [0.15, 0.2) is 42.4 Å². The third-order valence-corrected chi connectivity index (χ3v) is 8.20. The summed E-state index contributed by atoms with van der Waals surface area (Å²) in [6.45, 7) is 6.71. The van der Waals surface area contributed by atoms with E-state index < -0.39 is 35.6 Å². The molecule has 7 rings (SSSR count). The molecule has 5 aromatic heterocycles. The average Bonchev–Trinajstić information content (AvgIpc) is 4.03. The molecule has 7 heterocycles. The quantitative estimate of drug-likeness (QED) is 0.120. The number of imide groups is 2. The summed E-state index contributed by atoms with van der Waals surface area (Å²) >= 11 is 0. The van der Waals surface area contributed by atoms with Gasteiger partial charge in [0.2, 0.25) is 17.6 Å². The Hall–Kier alpha value is -8.06. The van der Waals surface area contributed by atoms with Gasteiger partial charge in [0, 0.05) is 71.5 Å². The number of rotatable bonds is 8. The van der Waals surface area contributed by atoms with Crippen molar-refractivity contribution >= 4 is 87.2 Å². The summed E-state index contributed by atoms with van der Waals surface area (Å²) in [5, 5.41) is 6.33. The van der Waals surface area contributed by atoms with Crippen molar-refractivity contribution < 1.29 is 52.6 Å². The molecule has 0 saturated carbocycles. The fraction of sp³-hybridized carbons (Fsp3) is 0.405. The second-order valence-electron chi connectivity index (χ2n) is 12.9. The Balaban J connectivity index is 0.000000210. The fourth-order valence-electron chi connectivity index (χ4n) is 4.68. The van der Waals surface area contributed by atoms with Gasteiger partial charge in [-0.25, -0.2) is 44.1 Å². The number of anilines is 3. The minimum atomic E-state index is -0.571. The van der Waals surface area contributed by atoms with Crippen LogP contribution in [0, 0.1) is 0 Å². The molecular weight excluding hydrogens is 831 g/mol. The van der Waals surface area contributed by atoms with Gasteiger partial charge in [0.05, 0.1) is 25.9 Å². The number of hydrogen-bond donors (Lipinski definition) is 4. The van der Waals surface area contributed by atoms with Crippen LogP contribution in [0.25, 0.3) is 22.3 Å². The van der Waals surface area contributed by atoms with Gasteiger partial charge >= 0.3 is 17.6 Å². The topological polar surface area (TPSA) is 336 Å². The van der Waals surface area contributed by atoms with Gasteiger partial charge in [0.1, 0.15) is 18.2 Å². The van der Waals surface area contributed by atoms with Gasteiger partial charge in [0.25, 0.3) is 23.6 Å². The smallest absolute Gasteiger partial charge is 0.382 e. The predicted molar refractivity (Wildman–Crippen MR) is 218 cm³/mol. The maximum atomic E-state index is 11.2. The summed E-state index contributed by atoms with van der Waals surface area (Å²) in [5.41, 5.74) is 8.03. The zero-order valence-electron chi connectivity index (χ0n) is 35.6. The first-order valence-corrected chi connectivity index (χ1v) is 19.3. The molecule has 0 aromatic carbocycles. The molecule has 5 N–H and O–H groups in total. The lowest BCUT2D eigenvalue weighted by Gasteiger charge is -2.10. The van der Waals surface area contributed by atoms with E-state index >= 15 is 0 Å². The minimum Gasteiger partial charge on any atom is -0.382 e. The second-order valence-corrected chi connectivity index (χ2v) is 12.9. The molecule has 336 valence electrons. The molecule has 0 bridgehead atoms. The summed E-state index contributed by atoms with van der Waals surface area (Å²) in [5.74, 6) is -1.80. The van der Waals surface area contributed by atoms with E-state index in [0.29, 0.717) is 57.1 Å². The second kappa shape index (κ2) is 23.7. The van der Waals surface area contributed by atoms with Gasteiger partial charge in [-0.2, -0.15) is 9.78 Å². The van der Waals surface area contributed by atoms with Crippen molar-refractivity contribution in [3.05, 3.63) is 48.1 Å². The van der Waals surface area contributed by atoms with Crippen LogP contribution in [0.5, 0.6) is 0 Å². The normalized spacial score (nSPS) is 12.8. The van der Waals surface area contributed by atoms with Crippen LogP contribution in [-0.2, 0) is 69.2 Å². The summed E-state index contributed by atoms with van der Waals surface area (Å²) in [7, 11) is 5.33. The number of aromatic amines is 1. The molecular formula is C37H48N15O11+. The lowest BCUT2D eigenvalue weighted by molar-refractivity contribution is -0.689. The van der Waals surface area contributed by atoms with Crippen LogP contribution >= 0.6 is 0 Å². The Bertz CT molecular complexity index is 2450. The number of carbonyl (C=O) groups excluding carboxylic acids is 8. The fourth-order valence-corrected chi connectivity index (χ4v) is 4.68. The molecule has 2 aliphatic heterocycles. The van der Waals surface area contributed by atoms with Crippen LogP contribution in [0.2, 0.25) is 0 Å². The molecule has 0 unspecified atom stereocenters. The maximum absolute atomic E-state index is 11.2. The van der Waals surface area contributed by atoms with Gasteiger partial charge in [-0.15, -0.1) is 10.1 Å². The molecule has 0 spiro atoms. The first kappa shape index (κ1) is 49.3. The number of carbonyl (C=O) groups is 8. The number of H-pyrrole nitrogens is 1. The standard InChI is InChI=1S/C9H11N5O.C8H11N3O2.2C7H9NO4.C6H7N5/c1-3-6(15)13-8-7-9(11-4-10-8)14(2)5-12-7;1-3-7(12)9-6-4-5-11(2)8(13)10-6;2*1-2-7(11)12-8-5(9)3-4-6(8)10;1-11-3-10-4-5(7)8-2-9-6(4)11/h4-5H,3H2,1-2H3,(H,10,11,13,15);4-5H,3H2,1-2H3,(H,9,10,12,13);2*2-4H2,1H3;2-3H,1H3,(H2,7,8,9)/p+1. The van der Waals surface area contributed by atoms with Crippen molar-refractivity contribution in [2.75, 3.05) is 16.4 Å². The van der Waals surface area contributed by atoms with Crippen molar-refractivity contribution in [3.8, 4) is 0 Å². The number of nitrogens with zero attached hydrogens (tertiary/aromatic N) is 11. The van der Waals surface area contributed by atoms with E-state index in [0.717, 1.165) is 5.65 Å². The minimum absolute atomic E-state index is 0.0827. The molecule has 26 heteroatoms. The first-order chi connectivity index (χ1) is 29.9. The largest absolute Gasteiger partial charge is 0.497 e. The molecule has 63 heavy (non-hydrogen) atoms. The number of amides is 6. The number of nitrogens with two attached hydrogens (primary N) is 1. The number of aromatic nitrogens is 10. The Morgan fingerprint density at radius 2 is 1.11 bits per heavy atom. The number of hydrogen-bond acceptors (Lipinski definition) is 18. The van der Waals surface area contributed by atoms with Crippen molar-refractivity contribution in [2.24, 2.45) is 21.1 Å². The van der Waals surface area contributed by atoms with Crippen LogP contribution in [-0.4, -0.2) is 102 Å². The number of fused-ring (bicyclic) bond motifs is 2. The molecule has 2 fully saturated rings. The highest BCUT2D eigenvalue weighted by Crippen LogP contribution is 2.17. The summed E-state index contributed by atoms with van der Waals surface area (Å²) < 4.78 is 4.97. The van der Waals surface area contributed by atoms with E-state index in [1.807, 2.05) is 14.1 Å². The number of aryl methyl sites for hydroxylation is 3. The van der Waals surface area contributed by atoms with Gasteiger partial charge in [-0.1, -0.05) is 27.7 Å². The Kier molecular flexibility index (Phi) is 18.5. The molecule has 0 radical (unpaired) electrons.